The lowest BCUT2D eigenvalue weighted by atomic mass is 10.1. The lowest BCUT2D eigenvalue weighted by Gasteiger charge is -2.05. The van der Waals surface area contributed by atoms with Crippen LogP contribution in [0.3, 0.4) is 0 Å². The molecule has 0 bridgehead atoms. The summed E-state index contributed by atoms with van der Waals surface area (Å²) in [5.74, 6) is 0. The molecule has 1 fully saturated rings. The zero-order valence-electron chi connectivity index (χ0n) is 8.03. The zero-order chi connectivity index (χ0) is 9.10. The first-order chi connectivity index (χ1) is 6.38. The number of nitrogens with zero attached hydrogens (tertiary/aromatic N) is 3. The van der Waals surface area contributed by atoms with Crippen molar-refractivity contribution >= 4 is 0 Å². The molecule has 0 spiro atoms. The van der Waals surface area contributed by atoms with Crippen molar-refractivity contribution in [1.82, 2.24) is 20.3 Å². The maximum Gasteiger partial charge on any atom is 0.0842 e. The fraction of sp³-hybridized carbons (Fsp3) is 0.778. The number of hydrogen-bond donors (Lipinski definition) is 1. The zero-order valence-corrected chi connectivity index (χ0v) is 8.03. The average molecular weight is 180 g/mol. The molecule has 13 heavy (non-hydrogen) atoms. The smallest absolute Gasteiger partial charge is 0.0842 e. The first-order valence-electron chi connectivity index (χ1n) is 5.01. The van der Waals surface area contributed by atoms with Gasteiger partial charge in [-0.05, 0) is 26.3 Å². The number of hydrogen-bond acceptors (Lipinski definition) is 3. The van der Waals surface area contributed by atoms with Gasteiger partial charge in [0.25, 0.3) is 0 Å². The quantitative estimate of drug-likeness (QED) is 0.740. The predicted octanol–water partition coefficient (Wildman–Crippen LogP) is 0.592. The van der Waals surface area contributed by atoms with Crippen molar-refractivity contribution in [3.05, 3.63) is 11.9 Å². The van der Waals surface area contributed by atoms with Gasteiger partial charge in [0.15, 0.2) is 0 Å². The summed E-state index contributed by atoms with van der Waals surface area (Å²) in [4.78, 5) is 0. The van der Waals surface area contributed by atoms with Gasteiger partial charge in [-0.25, -0.2) is 0 Å². The van der Waals surface area contributed by atoms with E-state index in [0.717, 1.165) is 25.2 Å². The number of rotatable bonds is 3. The van der Waals surface area contributed by atoms with E-state index in [-0.39, 0.29) is 0 Å². The molecule has 2 heterocycles. The van der Waals surface area contributed by atoms with Crippen LogP contribution in [-0.4, -0.2) is 27.6 Å². The molecule has 1 aliphatic rings. The van der Waals surface area contributed by atoms with Gasteiger partial charge in [0.2, 0.25) is 0 Å². The van der Waals surface area contributed by atoms with Crippen molar-refractivity contribution in [1.29, 1.82) is 0 Å². The van der Waals surface area contributed by atoms with Crippen LogP contribution in [-0.2, 0) is 13.0 Å². The summed E-state index contributed by atoms with van der Waals surface area (Å²) >= 11 is 0. The molecule has 0 saturated carbocycles. The van der Waals surface area contributed by atoms with Crippen LogP contribution in [0, 0.1) is 0 Å². The summed E-state index contributed by atoms with van der Waals surface area (Å²) in [5, 5.41) is 11.6. The monoisotopic (exact) mass is 180 g/mol. The lowest BCUT2D eigenvalue weighted by Crippen LogP contribution is -2.23. The third-order valence-electron chi connectivity index (χ3n) is 2.53. The van der Waals surface area contributed by atoms with Gasteiger partial charge in [-0.2, -0.15) is 0 Å². The molecule has 4 heteroatoms. The van der Waals surface area contributed by atoms with Crippen molar-refractivity contribution in [2.75, 3.05) is 6.54 Å². The predicted molar refractivity (Wildman–Crippen MR) is 50.4 cm³/mol. The second kappa shape index (κ2) is 3.87. The van der Waals surface area contributed by atoms with E-state index in [4.69, 9.17) is 0 Å². The molecule has 1 N–H and O–H groups in total. The number of nitrogens with one attached hydrogen (secondary N) is 1. The first-order valence-corrected chi connectivity index (χ1v) is 5.01. The lowest BCUT2D eigenvalue weighted by molar-refractivity contribution is 0.593. The standard InChI is InChI=1S/C9H16N4/c1-2-13-7-9(11-12-13)6-8-4-3-5-10-8/h7-8,10H,2-6H2,1H3. The summed E-state index contributed by atoms with van der Waals surface area (Å²) in [5.41, 5.74) is 1.11. The molecule has 0 radical (unpaired) electrons. The van der Waals surface area contributed by atoms with Crippen molar-refractivity contribution in [3.63, 3.8) is 0 Å². The van der Waals surface area contributed by atoms with Crippen molar-refractivity contribution in [3.8, 4) is 0 Å². The molecule has 1 aromatic heterocycles. The summed E-state index contributed by atoms with van der Waals surface area (Å²) < 4.78 is 1.88. The van der Waals surface area contributed by atoms with Gasteiger partial charge in [-0.15, -0.1) is 5.10 Å². The molecule has 0 amide bonds. The molecule has 0 aromatic carbocycles. The van der Waals surface area contributed by atoms with Crippen LogP contribution in [0.15, 0.2) is 6.20 Å². The van der Waals surface area contributed by atoms with Crippen LogP contribution in [0.25, 0.3) is 0 Å². The Morgan fingerprint density at radius 2 is 2.62 bits per heavy atom. The van der Waals surface area contributed by atoms with E-state index < -0.39 is 0 Å². The highest BCUT2D eigenvalue weighted by Gasteiger charge is 2.15. The highest BCUT2D eigenvalue weighted by atomic mass is 15.4. The van der Waals surface area contributed by atoms with Crippen molar-refractivity contribution in [2.45, 2.75) is 38.8 Å². The summed E-state index contributed by atoms with van der Waals surface area (Å²) in [7, 11) is 0. The highest BCUT2D eigenvalue weighted by molar-refractivity contribution is 4.97. The Labute approximate surface area is 78.3 Å². The SMILES string of the molecule is CCn1cc(CC2CCCN2)nn1. The molecule has 1 aromatic rings. The minimum Gasteiger partial charge on any atom is -0.314 e. The van der Waals surface area contributed by atoms with Crippen molar-refractivity contribution in [2.24, 2.45) is 0 Å². The fourth-order valence-corrected chi connectivity index (χ4v) is 1.77. The van der Waals surface area contributed by atoms with Gasteiger partial charge in [0.1, 0.15) is 0 Å². The Morgan fingerprint density at radius 1 is 1.69 bits per heavy atom. The van der Waals surface area contributed by atoms with E-state index in [9.17, 15) is 0 Å². The number of aromatic nitrogens is 3. The normalized spacial score (nSPS) is 22.4. The molecule has 0 aliphatic carbocycles. The van der Waals surface area contributed by atoms with Crippen LogP contribution < -0.4 is 5.32 Å². The Balaban J connectivity index is 1.92. The molecule has 4 nitrogen and oxygen atoms in total. The van der Waals surface area contributed by atoms with E-state index in [1.54, 1.807) is 0 Å². The molecule has 1 aliphatic heterocycles. The van der Waals surface area contributed by atoms with Gasteiger partial charge in [0, 0.05) is 25.2 Å². The third-order valence-corrected chi connectivity index (χ3v) is 2.53. The average Bonchev–Trinajstić information content (AvgIpc) is 2.76. The van der Waals surface area contributed by atoms with Gasteiger partial charge in [0.05, 0.1) is 5.69 Å². The summed E-state index contributed by atoms with van der Waals surface area (Å²) in [6, 6.07) is 0.627. The molecular weight excluding hydrogens is 164 g/mol. The molecular formula is C9H16N4. The second-order valence-electron chi connectivity index (χ2n) is 3.56. The fourth-order valence-electron chi connectivity index (χ4n) is 1.77. The summed E-state index contributed by atoms with van der Waals surface area (Å²) in [6.07, 6.45) is 5.64. The molecule has 2 rings (SSSR count). The highest BCUT2D eigenvalue weighted by Crippen LogP contribution is 2.09. The van der Waals surface area contributed by atoms with E-state index >= 15 is 0 Å². The minimum absolute atomic E-state index is 0.627. The van der Waals surface area contributed by atoms with Gasteiger partial charge >= 0.3 is 0 Å². The molecule has 1 unspecified atom stereocenters. The molecule has 1 saturated heterocycles. The van der Waals surface area contributed by atoms with Gasteiger partial charge in [-0.1, -0.05) is 5.21 Å². The van der Waals surface area contributed by atoms with Crippen LogP contribution in [0.1, 0.15) is 25.5 Å². The van der Waals surface area contributed by atoms with E-state index in [0.29, 0.717) is 6.04 Å². The molecule has 1 atom stereocenters. The van der Waals surface area contributed by atoms with E-state index in [1.165, 1.54) is 12.8 Å². The van der Waals surface area contributed by atoms with Crippen molar-refractivity contribution < 1.29 is 0 Å². The van der Waals surface area contributed by atoms with Gasteiger partial charge in [-0.3, -0.25) is 4.68 Å². The molecule has 72 valence electrons. The Hall–Kier alpha value is -0.900. The number of aryl methyl sites for hydroxylation is 1. The topological polar surface area (TPSA) is 42.7 Å². The Morgan fingerprint density at radius 3 is 3.23 bits per heavy atom. The summed E-state index contributed by atoms with van der Waals surface area (Å²) in [6.45, 7) is 4.14. The third kappa shape index (κ3) is 2.06. The van der Waals surface area contributed by atoms with Crippen LogP contribution in [0.4, 0.5) is 0 Å². The largest absolute Gasteiger partial charge is 0.314 e. The second-order valence-corrected chi connectivity index (χ2v) is 3.56. The maximum atomic E-state index is 4.12. The Kier molecular flexibility index (Phi) is 2.59. The van der Waals surface area contributed by atoms with Crippen LogP contribution in [0.5, 0.6) is 0 Å². The van der Waals surface area contributed by atoms with E-state index in [1.807, 2.05) is 10.9 Å². The van der Waals surface area contributed by atoms with Gasteiger partial charge < -0.3 is 5.32 Å². The maximum absolute atomic E-state index is 4.12. The first kappa shape index (κ1) is 8.69. The van der Waals surface area contributed by atoms with Crippen LogP contribution in [0.2, 0.25) is 0 Å². The van der Waals surface area contributed by atoms with E-state index in [2.05, 4.69) is 22.6 Å². The van der Waals surface area contributed by atoms with Crippen LogP contribution >= 0.6 is 0 Å². The Bertz CT molecular complexity index is 262. The minimum atomic E-state index is 0.627.